The van der Waals surface area contributed by atoms with Crippen LogP contribution in [-0.2, 0) is 23.7 Å². The molecule has 0 spiro atoms. The highest BCUT2D eigenvalue weighted by Gasteiger charge is 2.58. The Hall–Kier alpha value is 0.340. The number of fused-ring (bicyclic) bond motifs is 1. The fraction of sp³-hybridized carbons (Fsp3) is 0.846. The first-order chi connectivity index (χ1) is 9.19. The Bertz CT molecular complexity index is 444. The second-order valence-electron chi connectivity index (χ2n) is 6.10. The van der Waals surface area contributed by atoms with E-state index in [0.717, 1.165) is 3.39 Å². The van der Waals surface area contributed by atoms with Crippen LogP contribution in [0.3, 0.4) is 0 Å². The number of rotatable bonds is 1. The molecule has 3 aliphatic rings. The molecule has 0 saturated carbocycles. The first-order valence-electron chi connectivity index (χ1n) is 6.58. The maximum Gasteiger partial charge on any atom is 0.164 e. The summed E-state index contributed by atoms with van der Waals surface area (Å²) >= 11 is 6.79. The first kappa shape index (κ1) is 15.2. The Kier molecular flexibility index (Phi) is 3.75. The molecule has 0 aliphatic carbocycles. The highest BCUT2D eigenvalue weighted by molar-refractivity contribution is 9.28. The predicted molar refractivity (Wildman–Crippen MR) is 78.5 cm³/mol. The van der Waals surface area contributed by atoms with Crippen LogP contribution in [0, 0.1) is 0 Å². The molecule has 0 aromatic carbocycles. The summed E-state index contributed by atoms with van der Waals surface area (Å²) in [6.45, 7) is 8.08. The number of hydrogen-bond acceptors (Lipinski definition) is 5. The lowest BCUT2D eigenvalue weighted by Crippen LogP contribution is -2.40. The van der Waals surface area contributed by atoms with E-state index in [0.29, 0.717) is 12.4 Å². The van der Waals surface area contributed by atoms with Crippen molar-refractivity contribution in [3.05, 3.63) is 9.15 Å². The van der Waals surface area contributed by atoms with Gasteiger partial charge in [0.05, 0.1) is 6.61 Å². The Morgan fingerprint density at radius 3 is 2.25 bits per heavy atom. The van der Waals surface area contributed by atoms with Crippen LogP contribution in [0.2, 0.25) is 0 Å². The Morgan fingerprint density at radius 2 is 1.70 bits per heavy atom. The van der Waals surface area contributed by atoms with Crippen LogP contribution in [-0.4, -0.2) is 42.6 Å². The van der Waals surface area contributed by atoms with Crippen LogP contribution in [0.5, 0.6) is 0 Å². The summed E-state index contributed by atoms with van der Waals surface area (Å²) < 4.78 is 30.2. The summed E-state index contributed by atoms with van der Waals surface area (Å²) in [6, 6.07) is 0. The van der Waals surface area contributed by atoms with Crippen molar-refractivity contribution < 1.29 is 23.7 Å². The molecule has 4 atom stereocenters. The fourth-order valence-corrected chi connectivity index (χ4v) is 3.47. The third-order valence-corrected chi connectivity index (χ3v) is 4.34. The molecule has 0 amide bonds. The van der Waals surface area contributed by atoms with E-state index in [1.165, 1.54) is 0 Å². The van der Waals surface area contributed by atoms with Crippen molar-refractivity contribution in [1.29, 1.82) is 0 Å². The molecule has 3 fully saturated rings. The van der Waals surface area contributed by atoms with Gasteiger partial charge in [-0.2, -0.15) is 0 Å². The van der Waals surface area contributed by atoms with Crippen LogP contribution in [0.15, 0.2) is 9.15 Å². The second kappa shape index (κ2) is 4.93. The van der Waals surface area contributed by atoms with Crippen LogP contribution in [0.4, 0.5) is 0 Å². The summed E-state index contributed by atoms with van der Waals surface area (Å²) in [5.41, 5.74) is 0. The smallest absolute Gasteiger partial charge is 0.164 e. The third kappa shape index (κ3) is 2.68. The maximum atomic E-state index is 5.99. The zero-order chi connectivity index (χ0) is 14.7. The van der Waals surface area contributed by atoms with E-state index in [1.54, 1.807) is 0 Å². The second-order valence-corrected chi connectivity index (χ2v) is 8.75. The number of halogens is 2. The Labute approximate surface area is 135 Å². The van der Waals surface area contributed by atoms with E-state index < -0.39 is 11.6 Å². The monoisotopic (exact) mass is 412 g/mol. The molecule has 3 saturated heterocycles. The molecule has 20 heavy (non-hydrogen) atoms. The van der Waals surface area contributed by atoms with Crippen molar-refractivity contribution in [2.45, 2.75) is 63.7 Å². The summed E-state index contributed by atoms with van der Waals surface area (Å²) in [4.78, 5) is 0. The highest BCUT2D eigenvalue weighted by Crippen LogP contribution is 2.46. The van der Waals surface area contributed by atoms with Crippen LogP contribution < -0.4 is 0 Å². The van der Waals surface area contributed by atoms with Crippen molar-refractivity contribution in [1.82, 2.24) is 0 Å². The minimum absolute atomic E-state index is 0.174. The van der Waals surface area contributed by atoms with Gasteiger partial charge in [0, 0.05) is 0 Å². The molecule has 0 N–H and O–H groups in total. The first-order valence-corrected chi connectivity index (χ1v) is 8.16. The van der Waals surface area contributed by atoms with E-state index >= 15 is 0 Å². The van der Waals surface area contributed by atoms with Gasteiger partial charge in [0.25, 0.3) is 0 Å². The molecule has 3 aliphatic heterocycles. The summed E-state index contributed by atoms with van der Waals surface area (Å²) in [5.74, 6) is -0.511. The van der Waals surface area contributed by atoms with Gasteiger partial charge in [-0.1, -0.05) is 0 Å². The lowest BCUT2D eigenvalue weighted by molar-refractivity contribution is -0.187. The number of ether oxygens (including phenoxy) is 5. The molecule has 7 heteroatoms. The van der Waals surface area contributed by atoms with Crippen LogP contribution in [0.1, 0.15) is 27.7 Å². The summed E-state index contributed by atoms with van der Waals surface area (Å²) in [6.07, 6.45) is -0.862. The minimum Gasteiger partial charge on any atom is -0.484 e. The van der Waals surface area contributed by atoms with Crippen molar-refractivity contribution in [3.8, 4) is 0 Å². The Morgan fingerprint density at radius 1 is 1.00 bits per heavy atom. The van der Waals surface area contributed by atoms with Crippen molar-refractivity contribution in [2.75, 3.05) is 6.61 Å². The van der Waals surface area contributed by atoms with E-state index in [2.05, 4.69) is 31.9 Å². The lowest BCUT2D eigenvalue weighted by atomic mass is 10.1. The fourth-order valence-electron chi connectivity index (χ4n) is 2.83. The van der Waals surface area contributed by atoms with Crippen molar-refractivity contribution >= 4 is 31.9 Å². The zero-order valence-corrected chi connectivity index (χ0v) is 15.0. The lowest BCUT2D eigenvalue weighted by Gasteiger charge is -2.26. The molecular weight excluding hydrogens is 396 g/mol. The molecular formula is C13H18Br2O5. The van der Waals surface area contributed by atoms with E-state index in [-0.39, 0.29) is 24.4 Å². The molecule has 3 rings (SSSR count). The standard InChI is InChI=1S/C13H18Br2O5/c1-12(2)16-5-6(18-12)7-8-9(10(17-7)11(14)15)20-13(3,4)19-8/h6-9H,5H2,1-4H3/t6-,7+,8-,9-/m1/s1. The highest BCUT2D eigenvalue weighted by atomic mass is 79.9. The molecule has 0 aromatic rings. The maximum absolute atomic E-state index is 5.99. The van der Waals surface area contributed by atoms with Gasteiger partial charge in [-0.05, 0) is 59.6 Å². The van der Waals surface area contributed by atoms with Gasteiger partial charge in [0.15, 0.2) is 17.7 Å². The van der Waals surface area contributed by atoms with E-state index in [9.17, 15) is 0 Å². The predicted octanol–water partition coefficient (Wildman–Crippen LogP) is 3.02. The molecule has 0 radical (unpaired) electrons. The summed E-state index contributed by atoms with van der Waals surface area (Å²) in [7, 11) is 0. The summed E-state index contributed by atoms with van der Waals surface area (Å²) in [5, 5.41) is 0. The quantitative estimate of drug-likeness (QED) is 0.661. The minimum atomic E-state index is -0.632. The molecule has 5 nitrogen and oxygen atoms in total. The van der Waals surface area contributed by atoms with Gasteiger partial charge in [-0.15, -0.1) is 0 Å². The van der Waals surface area contributed by atoms with E-state index in [4.69, 9.17) is 23.7 Å². The zero-order valence-electron chi connectivity index (χ0n) is 11.8. The number of hydrogen-bond donors (Lipinski definition) is 0. The SMILES string of the molecule is CC1(C)OC[C@H]([C@@H]2OC(=C(Br)Br)[C@@H]3OC(C)(C)O[C@H]23)O1. The van der Waals surface area contributed by atoms with Crippen LogP contribution >= 0.6 is 31.9 Å². The normalized spacial score (nSPS) is 41.6. The average Bonchev–Trinajstić information content (AvgIpc) is 2.88. The van der Waals surface area contributed by atoms with Crippen molar-refractivity contribution in [2.24, 2.45) is 0 Å². The van der Waals surface area contributed by atoms with Gasteiger partial charge < -0.3 is 23.7 Å². The largest absolute Gasteiger partial charge is 0.484 e. The molecule has 0 bridgehead atoms. The van der Waals surface area contributed by atoms with Crippen LogP contribution in [0.25, 0.3) is 0 Å². The molecule has 0 unspecified atom stereocenters. The van der Waals surface area contributed by atoms with Gasteiger partial charge in [-0.3, -0.25) is 0 Å². The molecule has 3 heterocycles. The average molecular weight is 414 g/mol. The van der Waals surface area contributed by atoms with Gasteiger partial charge in [0.1, 0.15) is 27.5 Å². The third-order valence-electron chi connectivity index (χ3n) is 3.56. The van der Waals surface area contributed by atoms with E-state index in [1.807, 2.05) is 27.7 Å². The van der Waals surface area contributed by atoms with Gasteiger partial charge in [-0.25, -0.2) is 0 Å². The van der Waals surface area contributed by atoms with Gasteiger partial charge in [0.2, 0.25) is 0 Å². The molecule has 114 valence electrons. The molecule has 0 aromatic heterocycles. The Balaban J connectivity index is 1.85. The van der Waals surface area contributed by atoms with Gasteiger partial charge >= 0.3 is 0 Å². The van der Waals surface area contributed by atoms with Crippen molar-refractivity contribution in [3.63, 3.8) is 0 Å². The topological polar surface area (TPSA) is 46.2 Å².